The van der Waals surface area contributed by atoms with Gasteiger partial charge in [0.1, 0.15) is 0 Å². The number of carbonyl (C=O) groups is 2. The van der Waals surface area contributed by atoms with Gasteiger partial charge in [-0.05, 0) is 37.1 Å². The van der Waals surface area contributed by atoms with Crippen LogP contribution in [0.1, 0.15) is 40.0 Å². The molecular weight excluding hydrogens is 268 g/mol. The number of rotatable bonds is 4. The number of piperidine rings is 1. The number of ether oxygens (including phenoxy) is 1. The summed E-state index contributed by atoms with van der Waals surface area (Å²) in [5.41, 5.74) is -0.0345. The highest BCUT2D eigenvalue weighted by molar-refractivity contribution is 5.75. The Bertz CT molecular complexity index is 400. The van der Waals surface area contributed by atoms with Crippen molar-refractivity contribution < 1.29 is 14.3 Å². The van der Waals surface area contributed by atoms with Gasteiger partial charge in [-0.1, -0.05) is 13.8 Å². The fraction of sp³-hybridized carbons (Fsp3) is 0.875. The molecule has 2 unspecified atom stereocenters. The van der Waals surface area contributed by atoms with Gasteiger partial charge < -0.3 is 15.0 Å². The zero-order chi connectivity index (χ0) is 15.6. The first-order valence-electron chi connectivity index (χ1n) is 7.93. The Labute approximate surface area is 127 Å². The van der Waals surface area contributed by atoms with E-state index in [0.29, 0.717) is 12.0 Å². The number of methoxy groups -OCH3 is 1. The fourth-order valence-electron chi connectivity index (χ4n) is 3.58. The van der Waals surface area contributed by atoms with Crippen molar-refractivity contribution in [3.8, 4) is 0 Å². The number of likely N-dealkylation sites (tertiary alicyclic amines) is 1. The second kappa shape index (κ2) is 6.34. The van der Waals surface area contributed by atoms with Crippen molar-refractivity contribution >= 4 is 11.9 Å². The van der Waals surface area contributed by atoms with Crippen molar-refractivity contribution in [2.75, 3.05) is 26.7 Å². The number of hydrogen-bond donors (Lipinski definition) is 1. The van der Waals surface area contributed by atoms with E-state index in [0.717, 1.165) is 38.9 Å². The second-order valence-corrected chi connectivity index (χ2v) is 7.04. The minimum absolute atomic E-state index is 0.0135. The van der Waals surface area contributed by atoms with Gasteiger partial charge in [-0.2, -0.15) is 0 Å². The molecule has 1 saturated heterocycles. The molecular formula is C16H28N2O3. The first kappa shape index (κ1) is 16.3. The number of carbonyl (C=O) groups excluding carboxylic acids is 2. The highest BCUT2D eigenvalue weighted by Crippen LogP contribution is 2.46. The highest BCUT2D eigenvalue weighted by Gasteiger charge is 2.52. The largest absolute Gasteiger partial charge is 0.469 e. The summed E-state index contributed by atoms with van der Waals surface area (Å²) in [4.78, 5) is 24.9. The fourth-order valence-corrected chi connectivity index (χ4v) is 3.58. The van der Waals surface area contributed by atoms with Gasteiger partial charge in [0.2, 0.25) is 5.91 Å². The van der Waals surface area contributed by atoms with Crippen molar-refractivity contribution in [1.82, 2.24) is 10.2 Å². The van der Waals surface area contributed by atoms with E-state index in [2.05, 4.69) is 19.2 Å². The van der Waals surface area contributed by atoms with E-state index in [1.165, 1.54) is 7.11 Å². The lowest BCUT2D eigenvalue weighted by Gasteiger charge is -2.51. The molecule has 21 heavy (non-hydrogen) atoms. The van der Waals surface area contributed by atoms with E-state index in [4.69, 9.17) is 4.74 Å². The van der Waals surface area contributed by atoms with Crippen molar-refractivity contribution in [3.63, 3.8) is 0 Å². The van der Waals surface area contributed by atoms with Crippen LogP contribution < -0.4 is 5.32 Å². The molecule has 1 heterocycles. The molecule has 2 rings (SSSR count). The summed E-state index contributed by atoms with van der Waals surface area (Å²) in [5.74, 6) is 0.739. The van der Waals surface area contributed by atoms with Crippen LogP contribution >= 0.6 is 0 Å². The third-order valence-electron chi connectivity index (χ3n) is 5.47. The smallest absolute Gasteiger partial charge is 0.309 e. The average Bonchev–Trinajstić information content (AvgIpc) is 2.46. The van der Waals surface area contributed by atoms with Crippen molar-refractivity contribution in [2.24, 2.45) is 17.3 Å². The standard InChI is InChI=1S/C16H28N2O3/c1-11(19)18-7-5-12(6-8-18)10-17-14-9-13(15(20)21-4)16(14,2)3/h12-14,17H,5-10H2,1-4H3. The Balaban J connectivity index is 1.73. The van der Waals surface area contributed by atoms with Crippen LogP contribution in [0.5, 0.6) is 0 Å². The zero-order valence-corrected chi connectivity index (χ0v) is 13.6. The van der Waals surface area contributed by atoms with Gasteiger partial charge >= 0.3 is 5.97 Å². The molecule has 2 aliphatic rings. The van der Waals surface area contributed by atoms with Crippen LogP contribution in [0.15, 0.2) is 0 Å². The van der Waals surface area contributed by atoms with Crippen LogP contribution in [0.4, 0.5) is 0 Å². The average molecular weight is 296 g/mol. The zero-order valence-electron chi connectivity index (χ0n) is 13.6. The molecule has 5 nitrogen and oxygen atoms in total. The van der Waals surface area contributed by atoms with Gasteiger partial charge in [0, 0.05) is 26.1 Å². The maximum Gasteiger partial charge on any atom is 0.309 e. The molecule has 1 aliphatic carbocycles. The number of esters is 1. The Hall–Kier alpha value is -1.10. The van der Waals surface area contributed by atoms with Gasteiger partial charge in [-0.3, -0.25) is 9.59 Å². The molecule has 2 atom stereocenters. The maximum absolute atomic E-state index is 11.7. The van der Waals surface area contributed by atoms with Crippen LogP contribution in [0.2, 0.25) is 0 Å². The van der Waals surface area contributed by atoms with Gasteiger partial charge in [0.05, 0.1) is 13.0 Å². The second-order valence-electron chi connectivity index (χ2n) is 7.04. The highest BCUT2D eigenvalue weighted by atomic mass is 16.5. The minimum Gasteiger partial charge on any atom is -0.469 e. The summed E-state index contributed by atoms with van der Waals surface area (Å²) < 4.78 is 4.86. The molecule has 2 fully saturated rings. The van der Waals surface area contributed by atoms with Crippen molar-refractivity contribution in [2.45, 2.75) is 46.1 Å². The summed E-state index contributed by atoms with van der Waals surface area (Å²) in [5, 5.41) is 3.62. The SMILES string of the molecule is COC(=O)C1CC(NCC2CCN(C(C)=O)CC2)C1(C)C. The molecule has 0 aromatic heterocycles. The Morgan fingerprint density at radius 3 is 2.38 bits per heavy atom. The molecule has 1 amide bonds. The third kappa shape index (κ3) is 3.39. The lowest BCUT2D eigenvalue weighted by Crippen LogP contribution is -2.60. The molecule has 5 heteroatoms. The number of nitrogens with zero attached hydrogens (tertiary/aromatic N) is 1. The van der Waals surface area contributed by atoms with E-state index in [1.807, 2.05) is 4.90 Å². The molecule has 1 saturated carbocycles. The third-order valence-corrected chi connectivity index (χ3v) is 5.47. The summed E-state index contributed by atoms with van der Waals surface area (Å²) in [7, 11) is 1.46. The van der Waals surface area contributed by atoms with Crippen molar-refractivity contribution in [3.05, 3.63) is 0 Å². The predicted molar refractivity (Wildman–Crippen MR) is 80.7 cm³/mol. The monoisotopic (exact) mass is 296 g/mol. The normalized spacial score (nSPS) is 28.9. The molecule has 0 bridgehead atoms. The lowest BCUT2D eigenvalue weighted by atomic mass is 9.58. The van der Waals surface area contributed by atoms with E-state index >= 15 is 0 Å². The van der Waals surface area contributed by atoms with Gasteiger partial charge in [0.15, 0.2) is 0 Å². The Morgan fingerprint density at radius 2 is 1.90 bits per heavy atom. The molecule has 0 radical (unpaired) electrons. The van der Waals surface area contributed by atoms with Crippen LogP contribution in [-0.4, -0.2) is 49.6 Å². The topological polar surface area (TPSA) is 58.6 Å². The maximum atomic E-state index is 11.7. The van der Waals surface area contributed by atoms with E-state index in [1.54, 1.807) is 6.92 Å². The predicted octanol–water partition coefficient (Wildman–Crippen LogP) is 1.42. The van der Waals surface area contributed by atoms with E-state index < -0.39 is 0 Å². The van der Waals surface area contributed by atoms with Crippen LogP contribution in [0.3, 0.4) is 0 Å². The number of nitrogens with one attached hydrogen (secondary N) is 1. The van der Waals surface area contributed by atoms with Crippen LogP contribution in [0.25, 0.3) is 0 Å². The molecule has 1 aliphatic heterocycles. The molecule has 120 valence electrons. The first-order chi connectivity index (χ1) is 9.86. The van der Waals surface area contributed by atoms with Crippen LogP contribution in [-0.2, 0) is 14.3 Å². The van der Waals surface area contributed by atoms with Crippen LogP contribution in [0, 0.1) is 17.3 Å². The lowest BCUT2D eigenvalue weighted by molar-refractivity contribution is -0.159. The first-order valence-corrected chi connectivity index (χ1v) is 7.93. The van der Waals surface area contributed by atoms with E-state index in [-0.39, 0.29) is 23.2 Å². The molecule has 0 aromatic carbocycles. The van der Waals surface area contributed by atoms with Crippen molar-refractivity contribution in [1.29, 1.82) is 0 Å². The molecule has 0 spiro atoms. The summed E-state index contributed by atoms with van der Waals surface area (Å²) in [6, 6.07) is 0.382. The Kier molecular flexibility index (Phi) is 4.91. The minimum atomic E-state index is -0.0900. The van der Waals surface area contributed by atoms with Gasteiger partial charge in [0.25, 0.3) is 0 Å². The molecule has 0 aromatic rings. The summed E-state index contributed by atoms with van der Waals surface area (Å²) in [6.45, 7) is 8.64. The summed E-state index contributed by atoms with van der Waals surface area (Å²) in [6.07, 6.45) is 3.01. The van der Waals surface area contributed by atoms with Gasteiger partial charge in [-0.15, -0.1) is 0 Å². The number of amides is 1. The number of hydrogen-bond acceptors (Lipinski definition) is 4. The molecule has 1 N–H and O–H groups in total. The summed E-state index contributed by atoms with van der Waals surface area (Å²) >= 11 is 0. The van der Waals surface area contributed by atoms with E-state index in [9.17, 15) is 9.59 Å². The quantitative estimate of drug-likeness (QED) is 0.797. The Morgan fingerprint density at radius 1 is 1.29 bits per heavy atom. The van der Waals surface area contributed by atoms with Gasteiger partial charge in [-0.25, -0.2) is 0 Å².